The zero-order valence-electron chi connectivity index (χ0n) is 12.6. The van der Waals surface area contributed by atoms with Gasteiger partial charge in [0.15, 0.2) is 0 Å². The summed E-state index contributed by atoms with van der Waals surface area (Å²) in [5, 5.41) is 2.80. The maximum Gasteiger partial charge on any atom is 0.411 e. The number of urea groups is 1. The molecular formula is C15H19F3N2O3. The van der Waals surface area contributed by atoms with Crippen LogP contribution in [-0.2, 0) is 22.6 Å². The number of morpholine rings is 1. The monoisotopic (exact) mass is 332 g/mol. The van der Waals surface area contributed by atoms with Crippen LogP contribution in [0.5, 0.6) is 0 Å². The number of hydrogen-bond donors (Lipinski definition) is 1. The fourth-order valence-corrected chi connectivity index (χ4v) is 2.09. The van der Waals surface area contributed by atoms with Crippen LogP contribution in [0.15, 0.2) is 24.3 Å². The Bertz CT molecular complexity index is 500. The molecule has 1 heterocycles. The number of nitrogens with one attached hydrogen (secondary N) is 1. The summed E-state index contributed by atoms with van der Waals surface area (Å²) in [6.07, 6.45) is -4.32. The third-order valence-corrected chi connectivity index (χ3v) is 3.30. The molecule has 1 saturated heterocycles. The summed E-state index contributed by atoms with van der Waals surface area (Å²) in [4.78, 5) is 13.6. The Kier molecular flexibility index (Phi) is 6.23. The number of carbonyl (C=O) groups excluding carboxylic acids is 1. The molecule has 1 N–H and O–H groups in total. The number of hydrogen-bond acceptors (Lipinski definition) is 3. The highest BCUT2D eigenvalue weighted by molar-refractivity contribution is 5.74. The van der Waals surface area contributed by atoms with Gasteiger partial charge in [0.1, 0.15) is 6.61 Å². The van der Waals surface area contributed by atoms with Gasteiger partial charge in [0.05, 0.1) is 19.8 Å². The van der Waals surface area contributed by atoms with Gasteiger partial charge < -0.3 is 19.7 Å². The van der Waals surface area contributed by atoms with Gasteiger partial charge in [0.2, 0.25) is 0 Å². The summed E-state index contributed by atoms with van der Waals surface area (Å²) < 4.78 is 45.7. The zero-order valence-corrected chi connectivity index (χ0v) is 12.6. The molecule has 0 atom stereocenters. The molecule has 0 saturated carbocycles. The Hall–Kier alpha value is -1.80. The van der Waals surface area contributed by atoms with Crippen molar-refractivity contribution < 1.29 is 27.4 Å². The van der Waals surface area contributed by atoms with E-state index in [-0.39, 0.29) is 12.6 Å². The quantitative estimate of drug-likeness (QED) is 0.900. The van der Waals surface area contributed by atoms with E-state index in [0.717, 1.165) is 5.56 Å². The number of rotatable bonds is 5. The van der Waals surface area contributed by atoms with Gasteiger partial charge in [-0.15, -0.1) is 0 Å². The summed E-state index contributed by atoms with van der Waals surface area (Å²) in [7, 11) is 0. The van der Waals surface area contributed by atoms with E-state index in [1.807, 2.05) is 0 Å². The molecule has 128 valence electrons. The summed E-state index contributed by atoms with van der Waals surface area (Å²) >= 11 is 0. The first-order chi connectivity index (χ1) is 10.9. The number of ether oxygens (including phenoxy) is 2. The minimum absolute atomic E-state index is 0.0973. The molecule has 5 nitrogen and oxygen atoms in total. The van der Waals surface area contributed by atoms with Crippen LogP contribution in [0, 0.1) is 0 Å². The van der Waals surface area contributed by atoms with E-state index in [4.69, 9.17) is 4.74 Å². The van der Waals surface area contributed by atoms with Gasteiger partial charge in [-0.25, -0.2) is 4.79 Å². The van der Waals surface area contributed by atoms with E-state index in [9.17, 15) is 18.0 Å². The van der Waals surface area contributed by atoms with Crippen LogP contribution in [0.25, 0.3) is 0 Å². The molecule has 1 aromatic rings. The molecule has 2 rings (SSSR count). The van der Waals surface area contributed by atoms with Crippen LogP contribution in [0.1, 0.15) is 11.1 Å². The van der Waals surface area contributed by atoms with Crippen LogP contribution in [0.4, 0.5) is 18.0 Å². The van der Waals surface area contributed by atoms with Gasteiger partial charge in [0, 0.05) is 19.6 Å². The van der Waals surface area contributed by atoms with E-state index in [2.05, 4.69) is 10.1 Å². The van der Waals surface area contributed by atoms with Gasteiger partial charge in [0.25, 0.3) is 0 Å². The summed E-state index contributed by atoms with van der Waals surface area (Å²) in [6, 6.07) is 6.74. The average Bonchev–Trinajstić information content (AvgIpc) is 2.53. The molecule has 0 radical (unpaired) electrons. The minimum Gasteiger partial charge on any atom is -0.378 e. The van der Waals surface area contributed by atoms with Crippen molar-refractivity contribution in [1.29, 1.82) is 0 Å². The second kappa shape index (κ2) is 8.16. The topological polar surface area (TPSA) is 50.8 Å². The minimum atomic E-state index is -4.32. The molecule has 23 heavy (non-hydrogen) atoms. The van der Waals surface area contributed by atoms with Crippen molar-refractivity contribution in [2.45, 2.75) is 19.3 Å². The van der Waals surface area contributed by atoms with Crippen molar-refractivity contribution in [3.05, 3.63) is 35.4 Å². The normalized spacial score (nSPS) is 15.5. The summed E-state index contributed by atoms with van der Waals surface area (Å²) in [5.41, 5.74) is 1.52. The number of benzene rings is 1. The Morgan fingerprint density at radius 1 is 1.17 bits per heavy atom. The van der Waals surface area contributed by atoms with E-state index < -0.39 is 12.8 Å². The molecule has 1 aliphatic rings. The number of carbonyl (C=O) groups is 1. The van der Waals surface area contributed by atoms with Crippen LogP contribution in [0.2, 0.25) is 0 Å². The average molecular weight is 332 g/mol. The van der Waals surface area contributed by atoms with E-state index >= 15 is 0 Å². The van der Waals surface area contributed by atoms with Gasteiger partial charge in [-0.2, -0.15) is 13.2 Å². The predicted octanol–water partition coefficient (Wildman–Crippen LogP) is 2.31. The smallest absolute Gasteiger partial charge is 0.378 e. The van der Waals surface area contributed by atoms with Crippen LogP contribution in [-0.4, -0.2) is 50.0 Å². The highest BCUT2D eigenvalue weighted by Gasteiger charge is 2.27. The Morgan fingerprint density at radius 3 is 2.39 bits per heavy atom. The molecular weight excluding hydrogens is 313 g/mol. The maximum absolute atomic E-state index is 12.0. The molecule has 0 bridgehead atoms. The highest BCUT2D eigenvalue weighted by atomic mass is 19.4. The van der Waals surface area contributed by atoms with Crippen LogP contribution in [0.3, 0.4) is 0 Å². The molecule has 0 aliphatic carbocycles. The van der Waals surface area contributed by atoms with E-state index in [1.165, 1.54) is 0 Å². The van der Waals surface area contributed by atoms with Crippen LogP contribution >= 0.6 is 0 Å². The molecule has 1 aliphatic heterocycles. The Labute approximate surface area is 132 Å². The lowest BCUT2D eigenvalue weighted by Gasteiger charge is -2.26. The predicted molar refractivity (Wildman–Crippen MR) is 76.8 cm³/mol. The second-order valence-electron chi connectivity index (χ2n) is 5.18. The van der Waals surface area contributed by atoms with Gasteiger partial charge in [-0.05, 0) is 11.1 Å². The summed E-state index contributed by atoms with van der Waals surface area (Å²) in [6.45, 7) is 1.23. The van der Waals surface area contributed by atoms with Gasteiger partial charge in [-0.3, -0.25) is 0 Å². The standard InChI is InChI=1S/C15H19F3N2O3/c16-15(17,18)11-23-10-13-3-1-12(2-4-13)9-19-14(21)20-5-7-22-8-6-20/h1-4H,5-11H2,(H,19,21). The first-order valence-electron chi connectivity index (χ1n) is 7.27. The van der Waals surface area contributed by atoms with Crippen molar-refractivity contribution in [3.63, 3.8) is 0 Å². The Morgan fingerprint density at radius 2 is 1.78 bits per heavy atom. The fraction of sp³-hybridized carbons (Fsp3) is 0.533. The Balaban J connectivity index is 1.73. The number of nitrogens with zero attached hydrogens (tertiary/aromatic N) is 1. The second-order valence-corrected chi connectivity index (χ2v) is 5.18. The third kappa shape index (κ3) is 6.45. The number of alkyl halides is 3. The van der Waals surface area contributed by atoms with E-state index in [1.54, 1.807) is 29.2 Å². The molecule has 1 aromatic carbocycles. The lowest BCUT2D eigenvalue weighted by molar-refractivity contribution is -0.176. The van der Waals surface area contributed by atoms with Crippen molar-refractivity contribution >= 4 is 6.03 Å². The fourth-order valence-electron chi connectivity index (χ4n) is 2.09. The number of halogens is 3. The molecule has 0 spiro atoms. The lowest BCUT2D eigenvalue weighted by atomic mass is 10.1. The first kappa shape index (κ1) is 17.6. The van der Waals surface area contributed by atoms with Gasteiger partial charge >= 0.3 is 12.2 Å². The molecule has 2 amide bonds. The number of amides is 2. The van der Waals surface area contributed by atoms with Crippen molar-refractivity contribution in [2.75, 3.05) is 32.9 Å². The highest BCUT2D eigenvalue weighted by Crippen LogP contribution is 2.15. The lowest BCUT2D eigenvalue weighted by Crippen LogP contribution is -2.45. The first-order valence-corrected chi connectivity index (χ1v) is 7.27. The zero-order chi connectivity index (χ0) is 16.7. The third-order valence-electron chi connectivity index (χ3n) is 3.30. The molecule has 0 unspecified atom stereocenters. The largest absolute Gasteiger partial charge is 0.411 e. The van der Waals surface area contributed by atoms with Crippen LogP contribution < -0.4 is 5.32 Å². The van der Waals surface area contributed by atoms with Crippen molar-refractivity contribution in [1.82, 2.24) is 10.2 Å². The van der Waals surface area contributed by atoms with Crippen molar-refractivity contribution in [3.8, 4) is 0 Å². The molecule has 0 aromatic heterocycles. The van der Waals surface area contributed by atoms with E-state index in [0.29, 0.717) is 38.4 Å². The molecule has 8 heteroatoms. The maximum atomic E-state index is 12.0. The summed E-state index contributed by atoms with van der Waals surface area (Å²) in [5.74, 6) is 0. The SMILES string of the molecule is O=C(NCc1ccc(COCC(F)(F)F)cc1)N1CCOCC1. The molecule has 1 fully saturated rings. The van der Waals surface area contributed by atoms with Crippen molar-refractivity contribution in [2.24, 2.45) is 0 Å². The van der Waals surface area contributed by atoms with Gasteiger partial charge in [-0.1, -0.05) is 24.3 Å².